The quantitative estimate of drug-likeness (QED) is 0.762. The van der Waals surface area contributed by atoms with Crippen molar-refractivity contribution in [3.8, 4) is 0 Å². The summed E-state index contributed by atoms with van der Waals surface area (Å²) in [5.74, 6) is -0.257. The van der Waals surface area contributed by atoms with Crippen molar-refractivity contribution in [3.05, 3.63) is 35.9 Å². The first-order valence-electron chi connectivity index (χ1n) is 5.66. The molecular weight excluding hydrogens is 200 g/mol. The molecule has 0 fully saturated rings. The van der Waals surface area contributed by atoms with Crippen molar-refractivity contribution in [2.75, 3.05) is 0 Å². The van der Waals surface area contributed by atoms with Crippen molar-refractivity contribution < 1.29 is 4.79 Å². The van der Waals surface area contributed by atoms with Crippen LogP contribution in [-0.4, -0.2) is 18.0 Å². The molecule has 88 valence electrons. The molecule has 2 atom stereocenters. The van der Waals surface area contributed by atoms with E-state index in [9.17, 15) is 4.79 Å². The van der Waals surface area contributed by atoms with Crippen molar-refractivity contribution in [3.63, 3.8) is 0 Å². The fourth-order valence-corrected chi connectivity index (χ4v) is 1.87. The van der Waals surface area contributed by atoms with Crippen molar-refractivity contribution in [1.29, 1.82) is 0 Å². The highest BCUT2D eigenvalue weighted by Gasteiger charge is 2.09. The number of amides is 1. The number of hydrogen-bond acceptors (Lipinski definition) is 2. The third-order valence-electron chi connectivity index (χ3n) is 2.46. The Hall–Kier alpha value is -1.35. The zero-order valence-electron chi connectivity index (χ0n) is 9.94. The fraction of sp³-hybridized carbons (Fsp3) is 0.462. The molecule has 0 aliphatic carbocycles. The lowest BCUT2D eigenvalue weighted by Crippen LogP contribution is -2.38. The van der Waals surface area contributed by atoms with Crippen LogP contribution in [0.4, 0.5) is 0 Å². The minimum absolute atomic E-state index is 0.135. The summed E-state index contributed by atoms with van der Waals surface area (Å²) in [7, 11) is 0. The largest absolute Gasteiger partial charge is 0.370 e. The number of nitrogens with one attached hydrogen (secondary N) is 1. The van der Waals surface area contributed by atoms with Gasteiger partial charge in [0.25, 0.3) is 0 Å². The smallest absolute Gasteiger partial charge is 0.218 e. The molecule has 2 unspecified atom stereocenters. The second-order valence-electron chi connectivity index (χ2n) is 4.33. The van der Waals surface area contributed by atoms with Gasteiger partial charge in [0.1, 0.15) is 0 Å². The van der Waals surface area contributed by atoms with Crippen LogP contribution < -0.4 is 11.1 Å². The molecule has 0 spiro atoms. The lowest BCUT2D eigenvalue weighted by molar-refractivity contribution is -0.118. The molecule has 0 aliphatic rings. The van der Waals surface area contributed by atoms with E-state index in [0.717, 1.165) is 6.42 Å². The molecular formula is C13H20N2O. The van der Waals surface area contributed by atoms with Gasteiger partial charge < -0.3 is 11.1 Å². The van der Waals surface area contributed by atoms with Crippen LogP contribution in [0.5, 0.6) is 0 Å². The van der Waals surface area contributed by atoms with Crippen LogP contribution in [0, 0.1) is 0 Å². The highest BCUT2D eigenvalue weighted by atomic mass is 16.1. The molecule has 1 aromatic carbocycles. The molecule has 3 heteroatoms. The number of carbonyl (C=O) groups excluding carboxylic acids is 1. The Labute approximate surface area is 97.0 Å². The zero-order valence-corrected chi connectivity index (χ0v) is 9.94. The second-order valence-corrected chi connectivity index (χ2v) is 4.33. The molecule has 1 amide bonds. The van der Waals surface area contributed by atoms with Gasteiger partial charge in [0.2, 0.25) is 5.91 Å². The van der Waals surface area contributed by atoms with Gasteiger partial charge in [-0.3, -0.25) is 4.79 Å². The van der Waals surface area contributed by atoms with E-state index >= 15 is 0 Å². The lowest BCUT2D eigenvalue weighted by atomic mass is 10.1. The van der Waals surface area contributed by atoms with Crippen molar-refractivity contribution >= 4 is 5.91 Å². The molecule has 1 rings (SSSR count). The van der Waals surface area contributed by atoms with Gasteiger partial charge >= 0.3 is 0 Å². The number of rotatable bonds is 6. The molecule has 0 aromatic heterocycles. The highest BCUT2D eigenvalue weighted by molar-refractivity contribution is 5.74. The molecule has 16 heavy (non-hydrogen) atoms. The summed E-state index contributed by atoms with van der Waals surface area (Å²) in [6.45, 7) is 4.09. The van der Waals surface area contributed by atoms with E-state index in [1.165, 1.54) is 5.56 Å². The first kappa shape index (κ1) is 12.7. The first-order chi connectivity index (χ1) is 7.58. The van der Waals surface area contributed by atoms with Crippen molar-refractivity contribution in [2.24, 2.45) is 5.73 Å². The maximum absolute atomic E-state index is 10.7. The maximum atomic E-state index is 10.7. The number of hydrogen-bond donors (Lipinski definition) is 2. The number of primary amides is 1. The van der Waals surface area contributed by atoms with Gasteiger partial charge in [-0.25, -0.2) is 0 Å². The normalized spacial score (nSPS) is 14.4. The van der Waals surface area contributed by atoms with Crippen LogP contribution in [0.3, 0.4) is 0 Å². The van der Waals surface area contributed by atoms with E-state index in [0.29, 0.717) is 12.5 Å². The molecule has 0 heterocycles. The van der Waals surface area contributed by atoms with E-state index in [1.807, 2.05) is 25.1 Å². The SMILES string of the molecule is CC(CC(N)=O)NC(C)Cc1ccccc1. The minimum atomic E-state index is -0.257. The molecule has 0 aliphatic heterocycles. The summed E-state index contributed by atoms with van der Waals surface area (Å²) < 4.78 is 0. The first-order valence-corrected chi connectivity index (χ1v) is 5.66. The van der Waals surface area contributed by atoms with E-state index < -0.39 is 0 Å². The lowest BCUT2D eigenvalue weighted by Gasteiger charge is -2.19. The van der Waals surface area contributed by atoms with E-state index in [1.54, 1.807) is 0 Å². The molecule has 0 radical (unpaired) electrons. The van der Waals surface area contributed by atoms with Gasteiger partial charge in [-0.2, -0.15) is 0 Å². The van der Waals surface area contributed by atoms with Crippen LogP contribution in [0.15, 0.2) is 30.3 Å². The van der Waals surface area contributed by atoms with Crippen LogP contribution in [0.1, 0.15) is 25.8 Å². The van der Waals surface area contributed by atoms with Crippen LogP contribution in [-0.2, 0) is 11.2 Å². The van der Waals surface area contributed by atoms with Gasteiger partial charge in [-0.1, -0.05) is 30.3 Å². The summed E-state index contributed by atoms with van der Waals surface area (Å²) in [6, 6.07) is 10.8. The number of nitrogens with two attached hydrogens (primary N) is 1. The molecule has 1 aromatic rings. The summed E-state index contributed by atoms with van der Waals surface area (Å²) in [5, 5.41) is 3.36. The summed E-state index contributed by atoms with van der Waals surface area (Å²) in [5.41, 5.74) is 6.44. The zero-order chi connectivity index (χ0) is 12.0. The molecule has 0 saturated carbocycles. The van der Waals surface area contributed by atoms with E-state index in [-0.39, 0.29) is 11.9 Å². The van der Waals surface area contributed by atoms with Gasteiger partial charge in [-0.05, 0) is 25.8 Å². The Morgan fingerprint density at radius 3 is 2.44 bits per heavy atom. The predicted molar refractivity (Wildman–Crippen MR) is 66.0 cm³/mol. The van der Waals surface area contributed by atoms with Crippen molar-refractivity contribution in [2.45, 2.75) is 38.8 Å². The Morgan fingerprint density at radius 1 is 1.25 bits per heavy atom. The number of benzene rings is 1. The van der Waals surface area contributed by atoms with Gasteiger partial charge in [-0.15, -0.1) is 0 Å². The Kier molecular flexibility index (Phi) is 4.99. The Balaban J connectivity index is 2.36. The minimum Gasteiger partial charge on any atom is -0.370 e. The van der Waals surface area contributed by atoms with E-state index in [4.69, 9.17) is 5.73 Å². The summed E-state index contributed by atoms with van der Waals surface area (Å²) in [6.07, 6.45) is 1.35. The maximum Gasteiger partial charge on any atom is 0.218 e. The van der Waals surface area contributed by atoms with Crippen LogP contribution in [0.2, 0.25) is 0 Å². The summed E-state index contributed by atoms with van der Waals surface area (Å²) in [4.78, 5) is 10.7. The fourth-order valence-electron chi connectivity index (χ4n) is 1.87. The molecule has 3 nitrogen and oxygen atoms in total. The average molecular weight is 220 g/mol. The second kappa shape index (κ2) is 6.28. The van der Waals surface area contributed by atoms with Gasteiger partial charge in [0.05, 0.1) is 0 Å². The standard InChI is InChI=1S/C13H20N2O/c1-10(15-11(2)9-13(14)16)8-12-6-4-3-5-7-12/h3-7,10-11,15H,8-9H2,1-2H3,(H2,14,16). The monoisotopic (exact) mass is 220 g/mol. The molecule has 3 N–H and O–H groups in total. The van der Waals surface area contributed by atoms with Crippen molar-refractivity contribution in [1.82, 2.24) is 5.32 Å². The summed E-state index contributed by atoms with van der Waals surface area (Å²) >= 11 is 0. The molecule has 0 bridgehead atoms. The topological polar surface area (TPSA) is 55.1 Å². The molecule has 0 saturated heterocycles. The highest BCUT2D eigenvalue weighted by Crippen LogP contribution is 2.04. The van der Waals surface area contributed by atoms with Gasteiger partial charge in [0, 0.05) is 18.5 Å². The third kappa shape index (κ3) is 4.94. The van der Waals surface area contributed by atoms with Crippen LogP contribution in [0.25, 0.3) is 0 Å². The Bertz CT molecular complexity index is 324. The number of carbonyl (C=O) groups is 1. The van der Waals surface area contributed by atoms with Crippen LogP contribution >= 0.6 is 0 Å². The Morgan fingerprint density at radius 2 is 1.88 bits per heavy atom. The average Bonchev–Trinajstić information content (AvgIpc) is 2.17. The predicted octanol–water partition coefficient (Wildman–Crippen LogP) is 1.47. The third-order valence-corrected chi connectivity index (χ3v) is 2.46. The van der Waals surface area contributed by atoms with E-state index in [2.05, 4.69) is 24.4 Å². The van der Waals surface area contributed by atoms with Gasteiger partial charge in [0.15, 0.2) is 0 Å².